The number of rotatable bonds is 10. The standard InChI is InChI=1S/C26H37BrN8O/c1-3-4-15-36-20-16-21(28-7-10-33-8-5-6-9-33)19(2)22(17-20)34-11-13-35(14-12-34)26-23-24(27)31-32-25(23)29-18-30-26/h16-18,28H,3-15H2,1-2H3,(H,29,30,31,32). The van der Waals surface area contributed by atoms with Crippen molar-refractivity contribution in [3.05, 3.63) is 28.6 Å². The van der Waals surface area contributed by atoms with Crippen LogP contribution in [0.4, 0.5) is 17.2 Å². The topological polar surface area (TPSA) is 85.4 Å². The lowest BCUT2D eigenvalue weighted by Gasteiger charge is -2.38. The first-order chi connectivity index (χ1) is 17.6. The van der Waals surface area contributed by atoms with Gasteiger partial charge in [-0.25, -0.2) is 9.97 Å². The van der Waals surface area contributed by atoms with Crippen LogP contribution in [0, 0.1) is 6.92 Å². The molecule has 0 bridgehead atoms. The van der Waals surface area contributed by atoms with Crippen molar-refractivity contribution in [2.24, 2.45) is 0 Å². The molecule has 2 fully saturated rings. The first-order valence-corrected chi connectivity index (χ1v) is 14.0. The van der Waals surface area contributed by atoms with E-state index < -0.39 is 0 Å². The number of hydrogen-bond acceptors (Lipinski definition) is 8. The molecule has 0 saturated carbocycles. The van der Waals surface area contributed by atoms with Crippen molar-refractivity contribution in [2.75, 3.05) is 74.1 Å². The molecule has 2 aromatic heterocycles. The summed E-state index contributed by atoms with van der Waals surface area (Å²) in [5, 5.41) is 11.9. The fourth-order valence-electron chi connectivity index (χ4n) is 5.17. The highest BCUT2D eigenvalue weighted by Crippen LogP contribution is 2.35. The lowest BCUT2D eigenvalue weighted by Crippen LogP contribution is -2.47. The number of anilines is 3. The smallest absolute Gasteiger partial charge is 0.161 e. The highest BCUT2D eigenvalue weighted by atomic mass is 79.9. The molecular formula is C26H37BrN8O. The van der Waals surface area contributed by atoms with Gasteiger partial charge in [-0.1, -0.05) is 13.3 Å². The van der Waals surface area contributed by atoms with E-state index >= 15 is 0 Å². The molecule has 0 aliphatic carbocycles. The van der Waals surface area contributed by atoms with E-state index in [1.54, 1.807) is 6.33 Å². The molecule has 2 aliphatic heterocycles. The van der Waals surface area contributed by atoms with Crippen LogP contribution in [0.2, 0.25) is 0 Å². The van der Waals surface area contributed by atoms with Gasteiger partial charge in [0.15, 0.2) is 5.65 Å². The van der Waals surface area contributed by atoms with Gasteiger partial charge < -0.3 is 24.8 Å². The molecule has 4 heterocycles. The number of H-pyrrole nitrogens is 1. The van der Waals surface area contributed by atoms with E-state index in [2.05, 4.69) is 82.1 Å². The van der Waals surface area contributed by atoms with Gasteiger partial charge in [0.2, 0.25) is 0 Å². The largest absolute Gasteiger partial charge is 0.493 e. The van der Waals surface area contributed by atoms with E-state index in [1.807, 2.05) is 0 Å². The molecule has 10 heteroatoms. The van der Waals surface area contributed by atoms with Gasteiger partial charge in [0.1, 0.15) is 22.5 Å². The van der Waals surface area contributed by atoms with Gasteiger partial charge in [-0.15, -0.1) is 0 Å². The van der Waals surface area contributed by atoms with E-state index in [4.69, 9.17) is 4.74 Å². The number of nitrogens with one attached hydrogen (secondary N) is 2. The second kappa shape index (κ2) is 11.6. The highest BCUT2D eigenvalue weighted by molar-refractivity contribution is 9.10. The molecule has 2 N–H and O–H groups in total. The summed E-state index contributed by atoms with van der Waals surface area (Å²) in [5.41, 5.74) is 4.48. The summed E-state index contributed by atoms with van der Waals surface area (Å²) >= 11 is 3.54. The Hall–Kier alpha value is -2.59. The molecule has 9 nitrogen and oxygen atoms in total. The highest BCUT2D eigenvalue weighted by Gasteiger charge is 2.24. The SMILES string of the molecule is CCCCOc1cc(NCCN2CCCC2)c(C)c(N2CCN(c3ncnc4[nH]nc(Br)c34)CC2)c1. The number of unbranched alkanes of at least 4 members (excludes halogenated alkanes) is 1. The Labute approximate surface area is 221 Å². The minimum Gasteiger partial charge on any atom is -0.493 e. The second-order valence-electron chi connectivity index (χ2n) is 9.70. The summed E-state index contributed by atoms with van der Waals surface area (Å²) in [6.07, 6.45) is 6.46. The zero-order valence-electron chi connectivity index (χ0n) is 21.4. The van der Waals surface area contributed by atoms with Crippen LogP contribution in [0.3, 0.4) is 0 Å². The van der Waals surface area contributed by atoms with Crippen LogP contribution in [0.5, 0.6) is 5.75 Å². The maximum Gasteiger partial charge on any atom is 0.161 e. The van der Waals surface area contributed by atoms with Gasteiger partial charge in [-0.05, 0) is 60.8 Å². The Morgan fingerprint density at radius 2 is 1.83 bits per heavy atom. The average Bonchev–Trinajstić information content (AvgIpc) is 3.56. The minimum atomic E-state index is 0.753. The van der Waals surface area contributed by atoms with Crippen LogP contribution < -0.4 is 19.9 Å². The number of halogens is 1. The number of piperazine rings is 1. The summed E-state index contributed by atoms with van der Waals surface area (Å²) < 4.78 is 6.93. The van der Waals surface area contributed by atoms with Gasteiger partial charge in [0.25, 0.3) is 0 Å². The van der Waals surface area contributed by atoms with Crippen molar-refractivity contribution in [3.63, 3.8) is 0 Å². The third-order valence-corrected chi connectivity index (χ3v) is 7.85. The Morgan fingerprint density at radius 1 is 1.06 bits per heavy atom. The lowest BCUT2D eigenvalue weighted by atomic mass is 10.1. The maximum absolute atomic E-state index is 6.18. The molecule has 0 amide bonds. The molecular weight excluding hydrogens is 520 g/mol. The second-order valence-corrected chi connectivity index (χ2v) is 10.5. The first-order valence-electron chi connectivity index (χ1n) is 13.2. The normalized spacial score (nSPS) is 16.8. The van der Waals surface area contributed by atoms with Crippen molar-refractivity contribution >= 4 is 44.2 Å². The van der Waals surface area contributed by atoms with E-state index in [-0.39, 0.29) is 0 Å². The third-order valence-electron chi connectivity index (χ3n) is 7.28. The number of benzene rings is 1. The molecule has 0 spiro atoms. The van der Waals surface area contributed by atoms with Gasteiger partial charge in [0.05, 0.1) is 12.0 Å². The van der Waals surface area contributed by atoms with Crippen LogP contribution in [0.25, 0.3) is 11.0 Å². The molecule has 1 aromatic carbocycles. The lowest BCUT2D eigenvalue weighted by molar-refractivity contribution is 0.309. The molecule has 0 atom stereocenters. The number of nitrogens with zero attached hydrogens (tertiary/aromatic N) is 6. The van der Waals surface area contributed by atoms with Crippen LogP contribution >= 0.6 is 15.9 Å². The molecule has 5 rings (SSSR count). The van der Waals surface area contributed by atoms with Crippen molar-refractivity contribution in [3.8, 4) is 5.75 Å². The van der Waals surface area contributed by atoms with E-state index in [1.165, 1.54) is 42.9 Å². The summed E-state index contributed by atoms with van der Waals surface area (Å²) in [6.45, 7) is 13.2. The third kappa shape index (κ3) is 5.54. The molecule has 194 valence electrons. The predicted octanol–water partition coefficient (Wildman–Crippen LogP) is 4.44. The van der Waals surface area contributed by atoms with Crippen LogP contribution in [-0.4, -0.2) is 84.0 Å². The number of fused-ring (bicyclic) bond motifs is 1. The number of ether oxygens (including phenoxy) is 1. The molecule has 2 aliphatic rings. The Bertz CT molecular complexity index is 1150. The van der Waals surface area contributed by atoms with Crippen LogP contribution in [0.1, 0.15) is 38.2 Å². The monoisotopic (exact) mass is 556 g/mol. The maximum atomic E-state index is 6.18. The van der Waals surface area contributed by atoms with Crippen molar-refractivity contribution in [2.45, 2.75) is 39.5 Å². The van der Waals surface area contributed by atoms with E-state index in [0.717, 1.165) is 85.9 Å². The number of hydrogen-bond donors (Lipinski definition) is 2. The average molecular weight is 558 g/mol. The van der Waals surface area contributed by atoms with Crippen molar-refractivity contribution in [1.82, 2.24) is 25.1 Å². The fraction of sp³-hybridized carbons (Fsp3) is 0.577. The predicted molar refractivity (Wildman–Crippen MR) is 150 cm³/mol. The quantitative estimate of drug-likeness (QED) is 0.354. The summed E-state index contributed by atoms with van der Waals surface area (Å²) in [4.78, 5) is 16.3. The zero-order chi connectivity index (χ0) is 24.9. The summed E-state index contributed by atoms with van der Waals surface area (Å²) in [5.74, 6) is 1.88. The van der Waals surface area contributed by atoms with Gasteiger partial charge >= 0.3 is 0 Å². The molecule has 3 aromatic rings. The van der Waals surface area contributed by atoms with Crippen molar-refractivity contribution in [1.29, 1.82) is 0 Å². The van der Waals surface area contributed by atoms with Gasteiger partial charge in [-0.3, -0.25) is 5.10 Å². The molecule has 36 heavy (non-hydrogen) atoms. The minimum absolute atomic E-state index is 0.753. The van der Waals surface area contributed by atoms with Crippen molar-refractivity contribution < 1.29 is 4.74 Å². The van der Waals surface area contributed by atoms with E-state index in [0.29, 0.717) is 0 Å². The Morgan fingerprint density at radius 3 is 2.61 bits per heavy atom. The number of likely N-dealkylation sites (tertiary alicyclic amines) is 1. The Kier molecular flexibility index (Phi) is 8.11. The fourth-order valence-corrected chi connectivity index (χ4v) is 5.62. The number of aromatic nitrogens is 4. The van der Waals surface area contributed by atoms with E-state index in [9.17, 15) is 0 Å². The Balaban J connectivity index is 1.31. The zero-order valence-corrected chi connectivity index (χ0v) is 23.0. The summed E-state index contributed by atoms with van der Waals surface area (Å²) in [6, 6.07) is 4.41. The molecule has 0 unspecified atom stereocenters. The molecule has 0 radical (unpaired) electrons. The number of aromatic amines is 1. The van der Waals surface area contributed by atoms with Crippen LogP contribution in [0.15, 0.2) is 23.1 Å². The molecule has 2 saturated heterocycles. The van der Waals surface area contributed by atoms with Gasteiger partial charge in [-0.2, -0.15) is 5.10 Å². The summed E-state index contributed by atoms with van der Waals surface area (Å²) in [7, 11) is 0. The first kappa shape index (κ1) is 25.1. The van der Waals surface area contributed by atoms with Crippen LogP contribution in [-0.2, 0) is 0 Å². The van der Waals surface area contributed by atoms with Gasteiger partial charge in [0, 0.05) is 62.8 Å².